The van der Waals surface area contributed by atoms with Gasteiger partial charge in [0.25, 0.3) is 0 Å². The van der Waals surface area contributed by atoms with E-state index in [0.29, 0.717) is 0 Å². The van der Waals surface area contributed by atoms with Crippen LogP contribution in [0.4, 0.5) is 0 Å². The summed E-state index contributed by atoms with van der Waals surface area (Å²) in [5.74, 6) is 0. The van der Waals surface area contributed by atoms with Gasteiger partial charge in [-0.3, -0.25) is 0 Å². The van der Waals surface area contributed by atoms with Gasteiger partial charge >= 0.3 is 23.1 Å². The molecule has 0 aromatic heterocycles. The molecule has 0 unspecified atom stereocenters. The molecule has 1 aromatic carbocycles. The number of rotatable bonds is 1. The largest absolute Gasteiger partial charge is 2.00 e. The number of aliphatic hydroxyl groups is 1. The molecule has 10 heavy (non-hydrogen) atoms. The van der Waals surface area contributed by atoms with Crippen LogP contribution >= 0.6 is 0 Å². The summed E-state index contributed by atoms with van der Waals surface area (Å²) in [7, 11) is 0. The molecule has 0 spiro atoms. The Labute approximate surface area is 83.0 Å². The second-order valence-corrected chi connectivity index (χ2v) is 1.64. The SMILES string of the molecule is OCc1ccccc1.[Cl-].[Mg+2]. The zero-order chi connectivity index (χ0) is 5.82. The molecule has 0 amide bonds. The molecule has 0 saturated heterocycles. The fourth-order valence-electron chi connectivity index (χ4n) is 0.583. The van der Waals surface area contributed by atoms with Crippen molar-refractivity contribution >= 4 is 23.1 Å². The second-order valence-electron chi connectivity index (χ2n) is 1.64. The van der Waals surface area contributed by atoms with Crippen LogP contribution in [0, 0.1) is 0 Å². The van der Waals surface area contributed by atoms with E-state index in [1.165, 1.54) is 0 Å². The van der Waals surface area contributed by atoms with E-state index in [-0.39, 0.29) is 42.1 Å². The van der Waals surface area contributed by atoms with Crippen molar-refractivity contribution < 1.29 is 17.5 Å². The van der Waals surface area contributed by atoms with E-state index in [1.54, 1.807) is 0 Å². The molecule has 0 aliphatic heterocycles. The molecule has 0 heterocycles. The predicted octanol–water partition coefficient (Wildman–Crippen LogP) is -2.20. The maximum atomic E-state index is 8.54. The van der Waals surface area contributed by atoms with Crippen molar-refractivity contribution in [2.24, 2.45) is 0 Å². The minimum atomic E-state index is 0. The maximum Gasteiger partial charge on any atom is 2.00 e. The Kier molecular flexibility index (Phi) is 9.45. The van der Waals surface area contributed by atoms with E-state index in [2.05, 4.69) is 0 Å². The number of benzene rings is 1. The summed E-state index contributed by atoms with van der Waals surface area (Å²) < 4.78 is 0. The molecule has 0 aliphatic rings. The van der Waals surface area contributed by atoms with Crippen LogP contribution in [-0.2, 0) is 6.61 Å². The molecule has 0 fully saturated rings. The van der Waals surface area contributed by atoms with Crippen LogP contribution in [0.5, 0.6) is 0 Å². The van der Waals surface area contributed by atoms with Crippen molar-refractivity contribution in [2.45, 2.75) is 6.61 Å². The number of aliphatic hydroxyl groups excluding tert-OH is 1. The van der Waals surface area contributed by atoms with Crippen molar-refractivity contribution in [1.82, 2.24) is 0 Å². The molecular formula is C7H8ClMgO+. The van der Waals surface area contributed by atoms with E-state index in [4.69, 9.17) is 5.11 Å². The zero-order valence-electron chi connectivity index (χ0n) is 5.63. The smallest absolute Gasteiger partial charge is 1.00 e. The Morgan fingerprint density at radius 1 is 1.10 bits per heavy atom. The van der Waals surface area contributed by atoms with Gasteiger partial charge in [0.15, 0.2) is 0 Å². The summed E-state index contributed by atoms with van der Waals surface area (Å²) in [6, 6.07) is 9.52. The van der Waals surface area contributed by atoms with E-state index < -0.39 is 0 Å². The molecule has 1 aromatic rings. The Morgan fingerprint density at radius 2 is 1.60 bits per heavy atom. The van der Waals surface area contributed by atoms with Crippen LogP contribution in [-0.4, -0.2) is 28.2 Å². The van der Waals surface area contributed by atoms with Crippen molar-refractivity contribution in [1.29, 1.82) is 0 Å². The van der Waals surface area contributed by atoms with Gasteiger partial charge in [-0.25, -0.2) is 0 Å². The van der Waals surface area contributed by atoms with Crippen LogP contribution < -0.4 is 12.4 Å². The van der Waals surface area contributed by atoms with Gasteiger partial charge in [0.05, 0.1) is 6.61 Å². The van der Waals surface area contributed by atoms with E-state index in [1.807, 2.05) is 30.3 Å². The summed E-state index contributed by atoms with van der Waals surface area (Å²) in [6.07, 6.45) is 0. The first-order valence-corrected chi connectivity index (χ1v) is 2.58. The van der Waals surface area contributed by atoms with Crippen molar-refractivity contribution in [3.05, 3.63) is 35.9 Å². The van der Waals surface area contributed by atoms with Crippen LogP contribution in [0.15, 0.2) is 30.3 Å². The van der Waals surface area contributed by atoms with Crippen molar-refractivity contribution in [3.63, 3.8) is 0 Å². The molecule has 3 heteroatoms. The van der Waals surface area contributed by atoms with Crippen LogP contribution in [0.1, 0.15) is 5.56 Å². The third-order valence-electron chi connectivity index (χ3n) is 1.03. The van der Waals surface area contributed by atoms with Crippen LogP contribution in [0.3, 0.4) is 0 Å². The molecule has 1 rings (SSSR count). The zero-order valence-corrected chi connectivity index (χ0v) is 7.80. The fraction of sp³-hybridized carbons (Fsp3) is 0.143. The van der Waals surface area contributed by atoms with Crippen LogP contribution in [0.2, 0.25) is 0 Å². The van der Waals surface area contributed by atoms with E-state index >= 15 is 0 Å². The average Bonchev–Trinajstić information content (AvgIpc) is 1.90. The normalized spacial score (nSPS) is 7.30. The number of hydrogen-bond acceptors (Lipinski definition) is 1. The summed E-state index contributed by atoms with van der Waals surface area (Å²) in [5.41, 5.74) is 0.965. The summed E-state index contributed by atoms with van der Waals surface area (Å²) >= 11 is 0. The van der Waals surface area contributed by atoms with Gasteiger partial charge in [0, 0.05) is 0 Å². The predicted molar refractivity (Wildman–Crippen MR) is 38.1 cm³/mol. The first-order chi connectivity index (χ1) is 3.93. The molecule has 0 aliphatic carbocycles. The number of halogens is 1. The van der Waals surface area contributed by atoms with Crippen molar-refractivity contribution in [3.8, 4) is 0 Å². The topological polar surface area (TPSA) is 20.2 Å². The Morgan fingerprint density at radius 3 is 1.90 bits per heavy atom. The van der Waals surface area contributed by atoms with Gasteiger partial charge < -0.3 is 17.5 Å². The number of hydrogen-bond donors (Lipinski definition) is 1. The molecule has 0 radical (unpaired) electrons. The summed E-state index contributed by atoms with van der Waals surface area (Å²) in [6.45, 7) is 0.140. The fourth-order valence-corrected chi connectivity index (χ4v) is 0.583. The Bertz CT molecular complexity index is 155. The summed E-state index contributed by atoms with van der Waals surface area (Å²) in [4.78, 5) is 0. The van der Waals surface area contributed by atoms with E-state index in [0.717, 1.165) is 5.56 Å². The minimum absolute atomic E-state index is 0. The van der Waals surface area contributed by atoms with Gasteiger partial charge in [0.2, 0.25) is 0 Å². The van der Waals surface area contributed by atoms with Gasteiger partial charge in [-0.05, 0) is 5.56 Å². The maximum absolute atomic E-state index is 8.54. The molecule has 0 bridgehead atoms. The molecule has 50 valence electrons. The Balaban J connectivity index is 0. The monoisotopic (exact) mass is 167 g/mol. The first kappa shape index (κ1) is 12.9. The molecule has 1 nitrogen and oxygen atoms in total. The van der Waals surface area contributed by atoms with Crippen molar-refractivity contribution in [2.75, 3.05) is 0 Å². The van der Waals surface area contributed by atoms with Gasteiger partial charge in [-0.2, -0.15) is 0 Å². The van der Waals surface area contributed by atoms with Crippen LogP contribution in [0.25, 0.3) is 0 Å². The molecule has 1 N–H and O–H groups in total. The second kappa shape index (κ2) is 7.34. The quantitative estimate of drug-likeness (QED) is 0.472. The van der Waals surface area contributed by atoms with Gasteiger partial charge in [-0.1, -0.05) is 30.3 Å². The summed E-state index contributed by atoms with van der Waals surface area (Å²) in [5, 5.41) is 8.54. The third kappa shape index (κ3) is 4.12. The standard InChI is InChI=1S/C7H8O.ClH.Mg/c8-6-7-4-2-1-3-5-7;;/h1-5,8H,6H2;1H;/q;;+2/p-1. The Hall–Kier alpha value is 0.236. The molecule has 0 atom stereocenters. The third-order valence-corrected chi connectivity index (χ3v) is 1.03. The van der Waals surface area contributed by atoms with Gasteiger partial charge in [-0.15, -0.1) is 0 Å². The molecule has 0 saturated carbocycles. The average molecular weight is 168 g/mol. The van der Waals surface area contributed by atoms with Gasteiger partial charge in [0.1, 0.15) is 0 Å². The first-order valence-electron chi connectivity index (χ1n) is 2.58. The van der Waals surface area contributed by atoms with E-state index in [9.17, 15) is 0 Å². The minimum Gasteiger partial charge on any atom is -1.00 e. The molecular weight excluding hydrogens is 160 g/mol.